The average Bonchev–Trinajstić information content (AvgIpc) is 2.60. The van der Waals surface area contributed by atoms with E-state index in [4.69, 9.17) is 4.98 Å². The number of nitrogens with zero attached hydrogens (tertiary/aromatic N) is 4. The normalized spacial score (nSPS) is 18.0. The maximum atomic E-state index is 4.75. The summed E-state index contributed by atoms with van der Waals surface area (Å²) < 4.78 is 0. The molecule has 3 heterocycles. The molecule has 1 atom stereocenters. The molecule has 1 aliphatic heterocycles. The minimum atomic E-state index is 0.599. The third-order valence-electron chi connectivity index (χ3n) is 4.39. The Hall–Kier alpha value is -2.17. The first-order valence-corrected chi connectivity index (χ1v) is 8.52. The van der Waals surface area contributed by atoms with E-state index < -0.39 is 0 Å². The summed E-state index contributed by atoms with van der Waals surface area (Å²) in [7, 11) is 0. The minimum Gasteiger partial charge on any atom is -0.353 e. The van der Waals surface area contributed by atoms with Gasteiger partial charge >= 0.3 is 0 Å². The number of nitrogens with one attached hydrogen (secondary N) is 1. The molecule has 122 valence electrons. The van der Waals surface area contributed by atoms with Crippen LogP contribution in [-0.4, -0.2) is 27.5 Å². The van der Waals surface area contributed by atoms with Crippen molar-refractivity contribution >= 4 is 11.8 Å². The molecule has 23 heavy (non-hydrogen) atoms. The molecule has 2 aromatic heterocycles. The summed E-state index contributed by atoms with van der Waals surface area (Å²) in [5.74, 6) is 1.73. The van der Waals surface area contributed by atoms with Crippen molar-refractivity contribution < 1.29 is 0 Å². The maximum Gasteiger partial charge on any atom is 0.225 e. The zero-order valence-electron chi connectivity index (χ0n) is 14.0. The Morgan fingerprint density at radius 2 is 2.17 bits per heavy atom. The molecule has 1 N–H and O–H groups in total. The van der Waals surface area contributed by atoms with Crippen LogP contribution in [0.4, 0.5) is 11.8 Å². The molecule has 0 spiro atoms. The number of aryl methyl sites for hydroxylation is 1. The molecular weight excluding hydrogens is 286 g/mol. The second kappa shape index (κ2) is 7.40. The minimum absolute atomic E-state index is 0.599. The topological polar surface area (TPSA) is 53.9 Å². The number of pyridine rings is 1. The van der Waals surface area contributed by atoms with E-state index in [-0.39, 0.29) is 0 Å². The van der Waals surface area contributed by atoms with E-state index in [0.29, 0.717) is 18.5 Å². The van der Waals surface area contributed by atoms with Crippen LogP contribution in [0.5, 0.6) is 0 Å². The predicted octanol–water partition coefficient (Wildman–Crippen LogP) is 3.56. The van der Waals surface area contributed by atoms with Crippen molar-refractivity contribution in [2.24, 2.45) is 0 Å². The number of piperidine rings is 1. The van der Waals surface area contributed by atoms with E-state index >= 15 is 0 Å². The molecule has 2 aromatic rings. The monoisotopic (exact) mass is 311 g/mol. The molecule has 1 saturated heterocycles. The molecule has 0 saturated carbocycles. The molecule has 0 aromatic carbocycles. The molecule has 3 rings (SSSR count). The first-order chi connectivity index (χ1) is 11.3. The molecule has 0 bridgehead atoms. The highest BCUT2D eigenvalue weighted by atomic mass is 15.2. The van der Waals surface area contributed by atoms with Gasteiger partial charge in [0.1, 0.15) is 5.82 Å². The maximum absolute atomic E-state index is 4.75. The quantitative estimate of drug-likeness (QED) is 0.915. The van der Waals surface area contributed by atoms with Gasteiger partial charge in [0.2, 0.25) is 5.95 Å². The first kappa shape index (κ1) is 15.7. The van der Waals surface area contributed by atoms with Crippen molar-refractivity contribution in [2.45, 2.75) is 52.1 Å². The summed E-state index contributed by atoms with van der Waals surface area (Å²) in [6, 6.07) is 8.61. The fraction of sp³-hybridized carbons (Fsp3) is 0.500. The average molecular weight is 311 g/mol. The fourth-order valence-corrected chi connectivity index (χ4v) is 3.18. The lowest BCUT2D eigenvalue weighted by Gasteiger charge is -2.36. The SMILES string of the molecule is CCC1CCCCN1c1cc(C)nc(NCc2ccccn2)n1. The predicted molar refractivity (Wildman–Crippen MR) is 93.6 cm³/mol. The summed E-state index contributed by atoms with van der Waals surface area (Å²) in [6.45, 7) is 6.02. The lowest BCUT2D eigenvalue weighted by atomic mass is 10.00. The van der Waals surface area contributed by atoms with Crippen LogP contribution in [0, 0.1) is 6.92 Å². The Balaban J connectivity index is 1.76. The van der Waals surface area contributed by atoms with Crippen LogP contribution in [0.3, 0.4) is 0 Å². The van der Waals surface area contributed by atoms with Crippen molar-refractivity contribution in [1.82, 2.24) is 15.0 Å². The Kier molecular flexibility index (Phi) is 5.05. The molecule has 1 unspecified atom stereocenters. The third-order valence-corrected chi connectivity index (χ3v) is 4.39. The van der Waals surface area contributed by atoms with Crippen molar-refractivity contribution in [3.8, 4) is 0 Å². The van der Waals surface area contributed by atoms with Crippen LogP contribution in [0.25, 0.3) is 0 Å². The number of hydrogen-bond acceptors (Lipinski definition) is 5. The summed E-state index contributed by atoms with van der Waals surface area (Å²) >= 11 is 0. The van der Waals surface area contributed by atoms with Gasteiger partial charge in [-0.2, -0.15) is 4.98 Å². The van der Waals surface area contributed by atoms with E-state index in [1.54, 1.807) is 6.20 Å². The first-order valence-electron chi connectivity index (χ1n) is 8.52. The number of hydrogen-bond donors (Lipinski definition) is 1. The largest absolute Gasteiger partial charge is 0.353 e. The number of rotatable bonds is 5. The van der Waals surface area contributed by atoms with Crippen molar-refractivity contribution in [3.05, 3.63) is 41.9 Å². The van der Waals surface area contributed by atoms with Gasteiger partial charge in [-0.15, -0.1) is 0 Å². The molecule has 5 heteroatoms. The molecule has 0 radical (unpaired) electrons. The smallest absolute Gasteiger partial charge is 0.225 e. The molecule has 1 aliphatic rings. The van der Waals surface area contributed by atoms with Crippen molar-refractivity contribution in [2.75, 3.05) is 16.8 Å². The van der Waals surface area contributed by atoms with Gasteiger partial charge in [0, 0.05) is 30.5 Å². The highest BCUT2D eigenvalue weighted by molar-refractivity contribution is 5.46. The second-order valence-electron chi connectivity index (χ2n) is 6.12. The van der Waals surface area contributed by atoms with Gasteiger partial charge in [-0.1, -0.05) is 13.0 Å². The van der Waals surface area contributed by atoms with Gasteiger partial charge in [-0.3, -0.25) is 4.98 Å². The number of anilines is 2. The summed E-state index contributed by atoms with van der Waals surface area (Å²) in [5.41, 5.74) is 1.99. The van der Waals surface area contributed by atoms with Crippen LogP contribution < -0.4 is 10.2 Å². The number of aromatic nitrogens is 3. The summed E-state index contributed by atoms with van der Waals surface area (Å²) in [4.78, 5) is 16.0. The van der Waals surface area contributed by atoms with E-state index in [0.717, 1.165) is 23.8 Å². The summed E-state index contributed by atoms with van der Waals surface area (Å²) in [5, 5.41) is 3.30. The Bertz CT molecular complexity index is 629. The van der Waals surface area contributed by atoms with Gasteiger partial charge in [0.15, 0.2) is 0 Å². The van der Waals surface area contributed by atoms with Gasteiger partial charge in [0.25, 0.3) is 0 Å². The van der Waals surface area contributed by atoms with E-state index in [9.17, 15) is 0 Å². The van der Waals surface area contributed by atoms with E-state index in [1.807, 2.05) is 25.1 Å². The third kappa shape index (κ3) is 3.97. The molecule has 0 aliphatic carbocycles. The van der Waals surface area contributed by atoms with Crippen molar-refractivity contribution in [3.63, 3.8) is 0 Å². The lowest BCUT2D eigenvalue weighted by molar-refractivity contribution is 0.446. The summed E-state index contributed by atoms with van der Waals surface area (Å²) in [6.07, 6.45) is 6.80. The Morgan fingerprint density at radius 1 is 1.26 bits per heavy atom. The van der Waals surface area contributed by atoms with E-state index in [1.165, 1.54) is 25.7 Å². The Morgan fingerprint density at radius 3 is 2.96 bits per heavy atom. The fourth-order valence-electron chi connectivity index (χ4n) is 3.18. The Labute approximate surface area is 138 Å². The highest BCUT2D eigenvalue weighted by Gasteiger charge is 2.22. The van der Waals surface area contributed by atoms with Gasteiger partial charge < -0.3 is 10.2 Å². The van der Waals surface area contributed by atoms with Crippen LogP contribution in [-0.2, 0) is 6.54 Å². The van der Waals surface area contributed by atoms with Crippen LogP contribution in [0.2, 0.25) is 0 Å². The van der Waals surface area contributed by atoms with Crippen molar-refractivity contribution in [1.29, 1.82) is 0 Å². The molecule has 1 fully saturated rings. The van der Waals surface area contributed by atoms with Crippen LogP contribution in [0.1, 0.15) is 44.0 Å². The van der Waals surface area contributed by atoms with Gasteiger partial charge in [-0.05, 0) is 44.7 Å². The van der Waals surface area contributed by atoms with Gasteiger partial charge in [0.05, 0.1) is 12.2 Å². The molecular formula is C18H25N5. The highest BCUT2D eigenvalue weighted by Crippen LogP contribution is 2.26. The second-order valence-corrected chi connectivity index (χ2v) is 6.12. The zero-order valence-corrected chi connectivity index (χ0v) is 14.0. The van der Waals surface area contributed by atoms with Gasteiger partial charge in [-0.25, -0.2) is 4.98 Å². The molecule has 5 nitrogen and oxygen atoms in total. The molecule has 0 amide bonds. The van der Waals surface area contributed by atoms with E-state index in [2.05, 4.69) is 33.2 Å². The standard InChI is InChI=1S/C18H25N5/c1-3-16-9-5-7-11-23(16)17-12-14(2)21-18(22-17)20-13-15-8-4-6-10-19-15/h4,6,8,10,12,16H,3,5,7,9,11,13H2,1-2H3,(H,20,21,22). The lowest BCUT2D eigenvalue weighted by Crippen LogP contribution is -2.39. The van der Waals surface area contributed by atoms with Crippen LogP contribution in [0.15, 0.2) is 30.5 Å². The van der Waals surface area contributed by atoms with Crippen LogP contribution >= 0.6 is 0 Å². The zero-order chi connectivity index (χ0) is 16.1.